The summed E-state index contributed by atoms with van der Waals surface area (Å²) in [6.45, 7) is 1.37. The fraction of sp³-hybridized carbons (Fsp3) is 0.455. The number of pyridine rings is 1. The minimum atomic E-state index is -4.80. The zero-order valence-corrected chi connectivity index (χ0v) is 18.1. The van der Waals surface area contributed by atoms with Crippen LogP contribution in [-0.4, -0.2) is 49.9 Å². The standard InChI is InChI=1S/C22H21F4N5O3/c1-11-17(19-28-7-13(12-2-3-12)9-31(19)30-11)20(33)29-21(4-5-34-10-16(21)32)18-15(23)6-14(8-27-18)22(24,25)26/h6-9,12,16,32H,2-5,10H2,1H3,(H,29,33)/t16-,21-/m0/s1. The minimum Gasteiger partial charge on any atom is -0.388 e. The highest BCUT2D eigenvalue weighted by Gasteiger charge is 2.48. The summed E-state index contributed by atoms with van der Waals surface area (Å²) in [7, 11) is 0. The quantitative estimate of drug-likeness (QED) is 0.558. The molecule has 12 heteroatoms. The van der Waals surface area contributed by atoms with Gasteiger partial charge in [-0.15, -0.1) is 0 Å². The number of fused-ring (bicyclic) bond motifs is 1. The van der Waals surface area contributed by atoms with Gasteiger partial charge in [-0.3, -0.25) is 9.78 Å². The van der Waals surface area contributed by atoms with Crippen LogP contribution in [0.25, 0.3) is 5.65 Å². The van der Waals surface area contributed by atoms with Gasteiger partial charge in [-0.1, -0.05) is 0 Å². The molecular weight excluding hydrogens is 458 g/mol. The molecule has 2 aliphatic rings. The lowest BCUT2D eigenvalue weighted by atomic mass is 9.82. The molecule has 0 radical (unpaired) electrons. The van der Waals surface area contributed by atoms with Crippen LogP contribution in [0.5, 0.6) is 0 Å². The van der Waals surface area contributed by atoms with E-state index in [9.17, 15) is 27.5 Å². The molecule has 0 aromatic carbocycles. The van der Waals surface area contributed by atoms with Crippen LogP contribution in [0.15, 0.2) is 24.7 Å². The third-order valence-corrected chi connectivity index (χ3v) is 6.36. The maximum absolute atomic E-state index is 14.9. The fourth-order valence-electron chi connectivity index (χ4n) is 4.36. The van der Waals surface area contributed by atoms with Crippen molar-refractivity contribution in [1.82, 2.24) is 24.9 Å². The molecule has 1 aliphatic carbocycles. The van der Waals surface area contributed by atoms with Crippen LogP contribution in [0.2, 0.25) is 0 Å². The van der Waals surface area contributed by atoms with Crippen LogP contribution < -0.4 is 5.32 Å². The molecule has 180 valence electrons. The van der Waals surface area contributed by atoms with Gasteiger partial charge in [-0.2, -0.15) is 18.3 Å². The number of hydrogen-bond donors (Lipinski definition) is 2. The van der Waals surface area contributed by atoms with Gasteiger partial charge in [0.25, 0.3) is 5.91 Å². The molecule has 34 heavy (non-hydrogen) atoms. The summed E-state index contributed by atoms with van der Waals surface area (Å²) >= 11 is 0. The number of nitrogens with one attached hydrogen (secondary N) is 1. The number of aliphatic hydroxyl groups is 1. The summed E-state index contributed by atoms with van der Waals surface area (Å²) < 4.78 is 60.7. The monoisotopic (exact) mass is 479 g/mol. The van der Waals surface area contributed by atoms with Crippen molar-refractivity contribution in [2.75, 3.05) is 13.2 Å². The molecule has 8 nitrogen and oxygen atoms in total. The Morgan fingerprint density at radius 3 is 2.71 bits per heavy atom. The zero-order valence-electron chi connectivity index (χ0n) is 18.1. The van der Waals surface area contributed by atoms with Gasteiger partial charge < -0.3 is 15.2 Å². The number of carbonyl (C=O) groups is 1. The van der Waals surface area contributed by atoms with Gasteiger partial charge in [-0.25, -0.2) is 13.9 Å². The lowest BCUT2D eigenvalue weighted by Gasteiger charge is -2.41. The van der Waals surface area contributed by atoms with E-state index >= 15 is 0 Å². The van der Waals surface area contributed by atoms with Crippen LogP contribution in [0.1, 0.15) is 58.1 Å². The highest BCUT2D eigenvalue weighted by atomic mass is 19.4. The Morgan fingerprint density at radius 1 is 1.29 bits per heavy atom. The number of rotatable bonds is 4. The number of ether oxygens (including phenoxy) is 1. The second kappa shape index (κ2) is 7.98. The molecule has 1 saturated heterocycles. The highest BCUT2D eigenvalue weighted by molar-refractivity contribution is 6.01. The van der Waals surface area contributed by atoms with Gasteiger partial charge in [0.15, 0.2) is 5.65 Å². The van der Waals surface area contributed by atoms with Crippen molar-refractivity contribution < 1.29 is 32.2 Å². The summed E-state index contributed by atoms with van der Waals surface area (Å²) in [4.78, 5) is 21.5. The van der Waals surface area contributed by atoms with Crippen molar-refractivity contribution in [3.05, 3.63) is 58.6 Å². The van der Waals surface area contributed by atoms with Gasteiger partial charge in [0, 0.05) is 31.6 Å². The van der Waals surface area contributed by atoms with E-state index in [1.54, 1.807) is 19.3 Å². The fourth-order valence-corrected chi connectivity index (χ4v) is 4.36. The first-order valence-electron chi connectivity index (χ1n) is 10.8. The predicted molar refractivity (Wildman–Crippen MR) is 109 cm³/mol. The van der Waals surface area contributed by atoms with Crippen LogP contribution in [-0.2, 0) is 16.5 Å². The molecule has 0 unspecified atom stereocenters. The first-order chi connectivity index (χ1) is 16.1. The molecule has 2 atom stereocenters. The molecule has 1 aliphatic heterocycles. The SMILES string of the molecule is Cc1nn2cc(C3CC3)cnc2c1C(=O)N[C@@]1(c2ncc(C(F)(F)F)cc2F)CCOC[C@@H]1O. The number of amides is 1. The number of aliphatic hydroxyl groups excluding tert-OH is 1. The van der Waals surface area contributed by atoms with E-state index in [4.69, 9.17) is 4.74 Å². The summed E-state index contributed by atoms with van der Waals surface area (Å²) in [6, 6.07) is 0.306. The van der Waals surface area contributed by atoms with Crippen molar-refractivity contribution in [3.8, 4) is 0 Å². The number of hydrogen-bond acceptors (Lipinski definition) is 6. The van der Waals surface area contributed by atoms with E-state index in [0.717, 1.165) is 18.4 Å². The normalized spacial score (nSPS) is 23.3. The van der Waals surface area contributed by atoms with Crippen molar-refractivity contribution in [3.63, 3.8) is 0 Å². The van der Waals surface area contributed by atoms with Crippen molar-refractivity contribution in [1.29, 1.82) is 0 Å². The second-order valence-electron chi connectivity index (χ2n) is 8.71. The van der Waals surface area contributed by atoms with Gasteiger partial charge in [-0.05, 0) is 37.3 Å². The molecule has 3 aromatic heterocycles. The Morgan fingerprint density at radius 2 is 2.06 bits per heavy atom. The van der Waals surface area contributed by atoms with Crippen LogP contribution >= 0.6 is 0 Å². The number of halogens is 4. The smallest absolute Gasteiger partial charge is 0.388 e. The summed E-state index contributed by atoms with van der Waals surface area (Å²) in [6.07, 6.45) is -0.260. The Bertz CT molecular complexity index is 1270. The third-order valence-electron chi connectivity index (χ3n) is 6.36. The van der Waals surface area contributed by atoms with Gasteiger partial charge in [0.2, 0.25) is 0 Å². The average Bonchev–Trinajstić information content (AvgIpc) is 3.56. The van der Waals surface area contributed by atoms with E-state index < -0.39 is 40.8 Å². The van der Waals surface area contributed by atoms with E-state index in [2.05, 4.69) is 20.4 Å². The van der Waals surface area contributed by atoms with Crippen LogP contribution in [0, 0.1) is 12.7 Å². The lowest BCUT2D eigenvalue weighted by Crippen LogP contribution is -2.59. The Kier molecular flexibility index (Phi) is 5.32. The summed E-state index contributed by atoms with van der Waals surface area (Å²) in [5.41, 5.74) is -1.82. The first-order valence-corrected chi connectivity index (χ1v) is 10.8. The second-order valence-corrected chi connectivity index (χ2v) is 8.71. The van der Waals surface area contributed by atoms with E-state index in [1.165, 1.54) is 4.52 Å². The molecule has 5 rings (SSSR count). The zero-order chi connectivity index (χ0) is 24.3. The van der Waals surface area contributed by atoms with E-state index in [-0.39, 0.29) is 30.8 Å². The van der Waals surface area contributed by atoms with Crippen molar-refractivity contribution >= 4 is 11.6 Å². The molecule has 2 fully saturated rings. The predicted octanol–water partition coefficient (Wildman–Crippen LogP) is 2.87. The number of carbonyl (C=O) groups excluding carboxylic acids is 1. The molecule has 2 N–H and O–H groups in total. The third kappa shape index (κ3) is 3.80. The van der Waals surface area contributed by atoms with E-state index in [1.807, 2.05) is 0 Å². The molecule has 1 amide bonds. The van der Waals surface area contributed by atoms with Gasteiger partial charge in [0.05, 0.1) is 17.9 Å². The lowest BCUT2D eigenvalue weighted by molar-refractivity contribution is -0.138. The molecule has 0 spiro atoms. The molecule has 1 saturated carbocycles. The number of aromatic nitrogens is 4. The molecular formula is C22H21F4N5O3. The number of nitrogens with zero attached hydrogens (tertiary/aromatic N) is 4. The van der Waals surface area contributed by atoms with Crippen LogP contribution in [0.3, 0.4) is 0 Å². The van der Waals surface area contributed by atoms with Crippen molar-refractivity contribution in [2.45, 2.75) is 49.9 Å². The Hall–Kier alpha value is -3.12. The topological polar surface area (TPSA) is 102 Å². The average molecular weight is 479 g/mol. The van der Waals surface area contributed by atoms with E-state index in [0.29, 0.717) is 23.9 Å². The van der Waals surface area contributed by atoms with Gasteiger partial charge >= 0.3 is 6.18 Å². The van der Waals surface area contributed by atoms with Crippen LogP contribution in [0.4, 0.5) is 17.6 Å². The Balaban J connectivity index is 1.54. The first kappa shape index (κ1) is 22.7. The van der Waals surface area contributed by atoms with Crippen molar-refractivity contribution in [2.24, 2.45) is 0 Å². The van der Waals surface area contributed by atoms with Gasteiger partial charge in [0.1, 0.15) is 28.7 Å². The summed E-state index contributed by atoms with van der Waals surface area (Å²) in [5.74, 6) is -1.57. The maximum atomic E-state index is 14.9. The number of aryl methyl sites for hydroxylation is 1. The minimum absolute atomic E-state index is 0.0240. The molecule has 4 heterocycles. The Labute approximate surface area is 191 Å². The maximum Gasteiger partial charge on any atom is 0.417 e. The summed E-state index contributed by atoms with van der Waals surface area (Å²) in [5, 5.41) is 17.8. The highest BCUT2D eigenvalue weighted by Crippen LogP contribution is 2.40. The molecule has 0 bridgehead atoms. The number of alkyl halides is 3. The largest absolute Gasteiger partial charge is 0.417 e. The molecule has 3 aromatic rings.